The standard InChI is InChI=1S/C24H32FN5O/c1-29(2)23(31)17-27-24(26-16-19-8-10-21(25)11-9-19)28-22-12-14-30(15-13-22)18-20-6-4-3-5-7-20/h3-11,22H,12-18H2,1-2H3,(H2,26,27,28). The van der Waals surface area contributed by atoms with Gasteiger partial charge < -0.3 is 15.5 Å². The number of hydrogen-bond donors (Lipinski definition) is 2. The van der Waals surface area contributed by atoms with Crippen LogP contribution >= 0.6 is 0 Å². The summed E-state index contributed by atoms with van der Waals surface area (Å²) >= 11 is 0. The summed E-state index contributed by atoms with van der Waals surface area (Å²) in [6.45, 7) is 3.57. The Morgan fingerprint density at radius 3 is 2.39 bits per heavy atom. The molecule has 31 heavy (non-hydrogen) atoms. The number of benzene rings is 2. The third kappa shape index (κ3) is 7.68. The van der Waals surface area contributed by atoms with Crippen molar-refractivity contribution in [1.82, 2.24) is 20.4 Å². The smallest absolute Gasteiger partial charge is 0.241 e. The topological polar surface area (TPSA) is 60.0 Å². The van der Waals surface area contributed by atoms with Crippen molar-refractivity contribution >= 4 is 11.9 Å². The fraction of sp³-hybridized carbons (Fsp3) is 0.417. The second kappa shape index (κ2) is 11.5. The highest BCUT2D eigenvalue weighted by molar-refractivity contribution is 5.86. The minimum Gasteiger partial charge on any atom is -0.354 e. The van der Waals surface area contributed by atoms with Gasteiger partial charge in [0.1, 0.15) is 5.82 Å². The fourth-order valence-electron chi connectivity index (χ4n) is 3.50. The Morgan fingerprint density at radius 2 is 1.74 bits per heavy atom. The average molecular weight is 426 g/mol. The summed E-state index contributed by atoms with van der Waals surface area (Å²) in [6.07, 6.45) is 2.01. The Hall–Kier alpha value is -2.93. The summed E-state index contributed by atoms with van der Waals surface area (Å²) in [6, 6.07) is 17.1. The van der Waals surface area contributed by atoms with Crippen LogP contribution < -0.4 is 10.6 Å². The molecular formula is C24H32FN5O. The van der Waals surface area contributed by atoms with Gasteiger partial charge in [-0.3, -0.25) is 9.69 Å². The van der Waals surface area contributed by atoms with Gasteiger partial charge in [-0.15, -0.1) is 0 Å². The number of nitrogens with one attached hydrogen (secondary N) is 2. The summed E-state index contributed by atoms with van der Waals surface area (Å²) in [4.78, 5) is 20.6. The van der Waals surface area contributed by atoms with E-state index in [0.29, 0.717) is 18.5 Å². The molecule has 0 atom stereocenters. The van der Waals surface area contributed by atoms with E-state index in [1.807, 2.05) is 6.07 Å². The van der Waals surface area contributed by atoms with Crippen LogP contribution in [0.15, 0.2) is 59.6 Å². The summed E-state index contributed by atoms with van der Waals surface area (Å²) < 4.78 is 13.1. The maximum absolute atomic E-state index is 13.1. The van der Waals surface area contributed by atoms with Crippen LogP contribution in [0.2, 0.25) is 0 Å². The van der Waals surface area contributed by atoms with Gasteiger partial charge in [0.25, 0.3) is 0 Å². The maximum Gasteiger partial charge on any atom is 0.241 e. The molecule has 0 spiro atoms. The minimum absolute atomic E-state index is 0.0195. The van der Waals surface area contributed by atoms with Gasteiger partial charge in [0, 0.05) is 39.8 Å². The van der Waals surface area contributed by atoms with E-state index in [1.54, 1.807) is 31.1 Å². The molecule has 2 aromatic rings. The highest BCUT2D eigenvalue weighted by Crippen LogP contribution is 2.14. The zero-order valence-corrected chi connectivity index (χ0v) is 18.4. The molecule has 3 rings (SSSR count). The van der Waals surface area contributed by atoms with Gasteiger partial charge in [0.15, 0.2) is 5.96 Å². The van der Waals surface area contributed by atoms with Gasteiger partial charge in [-0.1, -0.05) is 42.5 Å². The van der Waals surface area contributed by atoms with E-state index in [4.69, 9.17) is 0 Å². The van der Waals surface area contributed by atoms with Crippen LogP contribution in [0.4, 0.5) is 4.39 Å². The molecule has 1 saturated heterocycles. The zero-order valence-electron chi connectivity index (χ0n) is 18.4. The van der Waals surface area contributed by atoms with E-state index in [1.165, 1.54) is 17.7 Å². The molecule has 2 N–H and O–H groups in total. The van der Waals surface area contributed by atoms with Crippen LogP contribution in [0, 0.1) is 5.82 Å². The summed E-state index contributed by atoms with van der Waals surface area (Å²) in [5.74, 6) is 0.332. The molecule has 1 aliphatic heterocycles. The predicted molar refractivity (Wildman–Crippen MR) is 122 cm³/mol. The lowest BCUT2D eigenvalue weighted by molar-refractivity contribution is -0.127. The number of likely N-dealkylation sites (N-methyl/N-ethyl adjacent to an activating group) is 1. The number of halogens is 1. The monoisotopic (exact) mass is 425 g/mol. The van der Waals surface area contributed by atoms with Crippen LogP contribution in [-0.4, -0.2) is 61.4 Å². The van der Waals surface area contributed by atoms with Crippen LogP contribution in [-0.2, 0) is 17.9 Å². The number of amides is 1. The van der Waals surface area contributed by atoms with Gasteiger partial charge in [-0.2, -0.15) is 0 Å². The molecule has 1 amide bonds. The van der Waals surface area contributed by atoms with E-state index in [0.717, 1.165) is 38.0 Å². The van der Waals surface area contributed by atoms with E-state index >= 15 is 0 Å². The maximum atomic E-state index is 13.1. The first kappa shape index (κ1) is 22.7. The third-order valence-electron chi connectivity index (χ3n) is 5.42. The van der Waals surface area contributed by atoms with Gasteiger partial charge in [-0.05, 0) is 36.1 Å². The van der Waals surface area contributed by atoms with Crippen LogP contribution in [0.25, 0.3) is 0 Å². The summed E-state index contributed by atoms with van der Waals surface area (Å²) in [5, 5.41) is 6.62. The van der Waals surface area contributed by atoms with Crippen LogP contribution in [0.5, 0.6) is 0 Å². The quantitative estimate of drug-likeness (QED) is 0.529. The van der Waals surface area contributed by atoms with Crippen molar-refractivity contribution in [3.8, 4) is 0 Å². The zero-order chi connectivity index (χ0) is 22.1. The molecule has 166 valence electrons. The first-order valence-corrected chi connectivity index (χ1v) is 10.8. The summed E-state index contributed by atoms with van der Waals surface area (Å²) in [5.41, 5.74) is 2.25. The van der Waals surface area contributed by atoms with E-state index in [2.05, 4.69) is 44.8 Å². The van der Waals surface area contributed by atoms with Gasteiger partial charge >= 0.3 is 0 Å². The number of likely N-dealkylation sites (tertiary alicyclic amines) is 1. The second-order valence-electron chi connectivity index (χ2n) is 8.11. The Kier molecular flexibility index (Phi) is 8.41. The van der Waals surface area contributed by atoms with Crippen molar-refractivity contribution in [3.63, 3.8) is 0 Å². The fourth-order valence-corrected chi connectivity index (χ4v) is 3.50. The molecule has 1 aliphatic rings. The van der Waals surface area contributed by atoms with Crippen molar-refractivity contribution < 1.29 is 9.18 Å². The number of nitrogens with zero attached hydrogens (tertiary/aromatic N) is 3. The van der Waals surface area contributed by atoms with Crippen LogP contribution in [0.3, 0.4) is 0 Å². The number of aliphatic imine (C=N–C) groups is 1. The molecular weight excluding hydrogens is 393 g/mol. The molecule has 0 saturated carbocycles. The van der Waals surface area contributed by atoms with Gasteiger partial charge in [-0.25, -0.2) is 9.38 Å². The number of rotatable bonds is 7. The lowest BCUT2D eigenvalue weighted by atomic mass is 10.0. The Balaban J connectivity index is 1.55. The molecule has 7 heteroatoms. The van der Waals surface area contributed by atoms with Crippen molar-refractivity contribution in [2.45, 2.75) is 32.0 Å². The molecule has 1 heterocycles. The van der Waals surface area contributed by atoms with Gasteiger partial charge in [0.2, 0.25) is 5.91 Å². The first-order chi connectivity index (χ1) is 15.0. The predicted octanol–water partition coefficient (Wildman–Crippen LogP) is 2.61. The second-order valence-corrected chi connectivity index (χ2v) is 8.11. The molecule has 6 nitrogen and oxygen atoms in total. The molecule has 0 radical (unpaired) electrons. The number of piperidine rings is 1. The van der Waals surface area contributed by atoms with E-state index in [9.17, 15) is 9.18 Å². The summed E-state index contributed by atoms with van der Waals surface area (Å²) in [7, 11) is 3.46. The average Bonchev–Trinajstić information content (AvgIpc) is 2.78. The molecule has 0 unspecified atom stereocenters. The molecule has 0 aromatic heterocycles. The van der Waals surface area contributed by atoms with Crippen molar-refractivity contribution in [3.05, 3.63) is 71.5 Å². The van der Waals surface area contributed by atoms with Crippen molar-refractivity contribution in [2.75, 3.05) is 33.7 Å². The van der Waals surface area contributed by atoms with E-state index in [-0.39, 0.29) is 18.3 Å². The Morgan fingerprint density at radius 1 is 1.06 bits per heavy atom. The number of guanidine groups is 1. The molecule has 0 aliphatic carbocycles. The number of carbonyl (C=O) groups excluding carboxylic acids is 1. The lowest BCUT2D eigenvalue weighted by Gasteiger charge is -2.33. The molecule has 1 fully saturated rings. The molecule has 2 aromatic carbocycles. The highest BCUT2D eigenvalue weighted by atomic mass is 19.1. The SMILES string of the molecule is CN(C)C(=O)CNC(=NCc1ccc(F)cc1)NC1CCN(Cc2ccccc2)CC1. The van der Waals surface area contributed by atoms with Crippen LogP contribution in [0.1, 0.15) is 24.0 Å². The normalized spacial score (nSPS) is 15.5. The minimum atomic E-state index is -0.261. The largest absolute Gasteiger partial charge is 0.354 e. The Bertz CT molecular complexity index is 846. The lowest BCUT2D eigenvalue weighted by Crippen LogP contribution is -2.50. The third-order valence-corrected chi connectivity index (χ3v) is 5.42. The number of hydrogen-bond acceptors (Lipinski definition) is 3. The highest BCUT2D eigenvalue weighted by Gasteiger charge is 2.20. The first-order valence-electron chi connectivity index (χ1n) is 10.8. The Labute approximate surface area is 184 Å². The van der Waals surface area contributed by atoms with Crippen molar-refractivity contribution in [1.29, 1.82) is 0 Å². The molecule has 0 bridgehead atoms. The van der Waals surface area contributed by atoms with Gasteiger partial charge in [0.05, 0.1) is 13.1 Å². The number of carbonyl (C=O) groups is 1. The van der Waals surface area contributed by atoms with Crippen molar-refractivity contribution in [2.24, 2.45) is 4.99 Å². The van der Waals surface area contributed by atoms with E-state index < -0.39 is 0 Å².